The van der Waals surface area contributed by atoms with Crippen LogP contribution in [-0.4, -0.2) is 0 Å². The van der Waals surface area contributed by atoms with Gasteiger partial charge in [-0.2, -0.15) is 0 Å². The fourth-order valence-electron chi connectivity index (χ4n) is 1.45. The van der Waals surface area contributed by atoms with Crippen LogP contribution in [0.3, 0.4) is 0 Å². The first-order valence-electron chi connectivity index (χ1n) is 4.21. The highest BCUT2D eigenvalue weighted by atomic mass is 32.1. The molecule has 0 bridgehead atoms. The van der Waals surface area contributed by atoms with E-state index in [1.807, 2.05) is 0 Å². The number of nitrogens with two attached hydrogens (primary N) is 1. The highest BCUT2D eigenvalue weighted by Gasteiger charge is 2.07. The van der Waals surface area contributed by atoms with Crippen LogP contribution in [0.2, 0.25) is 0 Å². The summed E-state index contributed by atoms with van der Waals surface area (Å²) in [6, 6.07) is 4.23. The number of thiophene rings is 1. The van der Waals surface area contributed by atoms with E-state index in [1.165, 1.54) is 15.6 Å². The third kappa shape index (κ3) is 1.32. The lowest BCUT2D eigenvalue weighted by atomic mass is 10.1. The minimum absolute atomic E-state index is 0.830. The second kappa shape index (κ2) is 3.24. The summed E-state index contributed by atoms with van der Waals surface area (Å²) in [5, 5.41) is 3.24. The van der Waals surface area contributed by atoms with Crippen LogP contribution in [0.25, 0.3) is 10.1 Å². The Bertz CT molecular complexity index is 445. The van der Waals surface area contributed by atoms with Gasteiger partial charge in [0.05, 0.1) is 0 Å². The Morgan fingerprint density at radius 2 is 2.31 bits per heavy atom. The van der Waals surface area contributed by atoms with E-state index in [4.69, 9.17) is 5.73 Å². The molecule has 0 aliphatic rings. The van der Waals surface area contributed by atoms with Crippen LogP contribution >= 0.6 is 24.0 Å². The molecule has 1 heterocycles. The zero-order valence-corrected chi connectivity index (χ0v) is 9.08. The smallest absolute Gasteiger partial charge is 0.0489 e. The van der Waals surface area contributed by atoms with E-state index in [9.17, 15) is 0 Å². The normalized spacial score (nSPS) is 10.9. The number of nitrogen functional groups attached to an aromatic ring is 1. The van der Waals surface area contributed by atoms with Crippen LogP contribution in [0.15, 0.2) is 22.4 Å². The second-order valence-corrected chi connectivity index (χ2v) is 4.38. The van der Waals surface area contributed by atoms with Crippen LogP contribution in [0, 0.1) is 0 Å². The molecule has 0 amide bonds. The Morgan fingerprint density at radius 3 is 3.00 bits per heavy atom. The highest BCUT2D eigenvalue weighted by Crippen LogP contribution is 2.34. The Kier molecular flexibility index (Phi) is 2.22. The van der Waals surface area contributed by atoms with Crippen LogP contribution in [-0.2, 0) is 6.42 Å². The van der Waals surface area contributed by atoms with Gasteiger partial charge in [0, 0.05) is 20.7 Å². The van der Waals surface area contributed by atoms with Crippen molar-refractivity contribution in [2.45, 2.75) is 18.2 Å². The van der Waals surface area contributed by atoms with Gasteiger partial charge in [-0.05, 0) is 29.5 Å². The summed E-state index contributed by atoms with van der Waals surface area (Å²) >= 11 is 6.17. The molecule has 1 aromatic heterocycles. The number of fused-ring (bicyclic) bond motifs is 1. The summed E-state index contributed by atoms with van der Waals surface area (Å²) < 4.78 is 1.27. The molecule has 1 nitrogen and oxygen atoms in total. The molecule has 0 aliphatic carbocycles. The summed E-state index contributed by atoms with van der Waals surface area (Å²) in [5.41, 5.74) is 7.97. The molecule has 0 fully saturated rings. The monoisotopic (exact) mass is 209 g/mol. The van der Waals surface area contributed by atoms with E-state index >= 15 is 0 Å². The number of hydrogen-bond donors (Lipinski definition) is 2. The van der Waals surface area contributed by atoms with Gasteiger partial charge in [0.15, 0.2) is 0 Å². The standard InChI is InChI=1S/C10H11NS2/c1-2-6-5-8-7(3-4-13-8)10(12)9(6)11/h3-5,12H,2,11H2,1H3. The van der Waals surface area contributed by atoms with Crippen LogP contribution in [0.4, 0.5) is 5.69 Å². The number of hydrogen-bond acceptors (Lipinski definition) is 3. The predicted molar refractivity (Wildman–Crippen MR) is 62.9 cm³/mol. The fourth-order valence-corrected chi connectivity index (χ4v) is 2.73. The van der Waals surface area contributed by atoms with Crippen LogP contribution in [0.5, 0.6) is 0 Å². The molecule has 0 atom stereocenters. The average Bonchev–Trinajstić information content (AvgIpc) is 2.59. The summed E-state index contributed by atoms with van der Waals surface area (Å²) in [6.45, 7) is 2.11. The van der Waals surface area contributed by atoms with Gasteiger partial charge in [-0.1, -0.05) is 6.92 Å². The van der Waals surface area contributed by atoms with E-state index in [2.05, 4.69) is 37.1 Å². The van der Waals surface area contributed by atoms with Crippen molar-refractivity contribution in [1.29, 1.82) is 0 Å². The molecule has 0 unspecified atom stereocenters. The van der Waals surface area contributed by atoms with Crippen molar-refractivity contribution in [3.05, 3.63) is 23.1 Å². The lowest BCUT2D eigenvalue weighted by Gasteiger charge is -2.06. The zero-order chi connectivity index (χ0) is 9.42. The van der Waals surface area contributed by atoms with E-state index in [-0.39, 0.29) is 0 Å². The van der Waals surface area contributed by atoms with E-state index in [1.54, 1.807) is 11.3 Å². The lowest BCUT2D eigenvalue weighted by Crippen LogP contribution is -1.94. The van der Waals surface area contributed by atoms with Crippen molar-refractivity contribution in [2.75, 3.05) is 5.73 Å². The zero-order valence-electron chi connectivity index (χ0n) is 7.37. The van der Waals surface area contributed by atoms with Gasteiger partial charge in [-0.25, -0.2) is 0 Å². The molecule has 68 valence electrons. The predicted octanol–water partition coefficient (Wildman–Crippen LogP) is 3.33. The van der Waals surface area contributed by atoms with Gasteiger partial charge in [0.25, 0.3) is 0 Å². The maximum absolute atomic E-state index is 5.95. The summed E-state index contributed by atoms with van der Waals surface area (Å²) in [7, 11) is 0. The minimum atomic E-state index is 0.830. The number of benzene rings is 1. The van der Waals surface area contributed by atoms with Crippen molar-refractivity contribution >= 4 is 39.7 Å². The number of thiol groups is 1. The van der Waals surface area contributed by atoms with Gasteiger partial charge in [-0.15, -0.1) is 24.0 Å². The Morgan fingerprint density at radius 1 is 1.54 bits per heavy atom. The SMILES string of the molecule is CCc1cc2sccc2c(S)c1N. The second-order valence-electron chi connectivity index (χ2n) is 2.98. The third-order valence-corrected chi connectivity index (χ3v) is 3.58. The van der Waals surface area contributed by atoms with Gasteiger partial charge in [0.1, 0.15) is 0 Å². The molecule has 0 spiro atoms. The van der Waals surface area contributed by atoms with Crippen molar-refractivity contribution in [2.24, 2.45) is 0 Å². The van der Waals surface area contributed by atoms with Gasteiger partial charge >= 0.3 is 0 Å². The maximum atomic E-state index is 5.95. The highest BCUT2D eigenvalue weighted by molar-refractivity contribution is 7.80. The Hall–Kier alpha value is -0.670. The molecule has 3 heteroatoms. The minimum Gasteiger partial charge on any atom is -0.398 e. The summed E-state index contributed by atoms with van der Waals surface area (Å²) in [6.07, 6.45) is 0.966. The maximum Gasteiger partial charge on any atom is 0.0489 e. The molecule has 2 rings (SSSR count). The molecule has 0 saturated carbocycles. The molecule has 13 heavy (non-hydrogen) atoms. The molecule has 0 radical (unpaired) electrons. The largest absolute Gasteiger partial charge is 0.398 e. The van der Waals surface area contributed by atoms with Crippen LogP contribution < -0.4 is 5.73 Å². The molecule has 2 aromatic rings. The Balaban J connectivity index is 2.83. The number of anilines is 1. The van der Waals surface area contributed by atoms with Crippen molar-refractivity contribution in [3.8, 4) is 0 Å². The van der Waals surface area contributed by atoms with Crippen molar-refractivity contribution in [1.82, 2.24) is 0 Å². The molecular weight excluding hydrogens is 198 g/mol. The lowest BCUT2D eigenvalue weighted by molar-refractivity contribution is 1.14. The molecule has 2 N–H and O–H groups in total. The van der Waals surface area contributed by atoms with Gasteiger partial charge < -0.3 is 5.73 Å². The van der Waals surface area contributed by atoms with Gasteiger partial charge in [0.2, 0.25) is 0 Å². The van der Waals surface area contributed by atoms with E-state index < -0.39 is 0 Å². The first-order valence-corrected chi connectivity index (χ1v) is 5.54. The van der Waals surface area contributed by atoms with Gasteiger partial charge in [-0.3, -0.25) is 0 Å². The Labute approximate surface area is 87.0 Å². The van der Waals surface area contributed by atoms with Crippen molar-refractivity contribution < 1.29 is 0 Å². The first kappa shape index (κ1) is 8.91. The van der Waals surface area contributed by atoms with E-state index in [0.717, 1.165) is 17.0 Å². The first-order chi connectivity index (χ1) is 6.24. The summed E-state index contributed by atoms with van der Waals surface area (Å²) in [5.74, 6) is 0. The fraction of sp³-hybridized carbons (Fsp3) is 0.200. The molecule has 0 aliphatic heterocycles. The number of rotatable bonds is 1. The van der Waals surface area contributed by atoms with E-state index in [0.29, 0.717) is 0 Å². The third-order valence-electron chi connectivity index (χ3n) is 2.24. The topological polar surface area (TPSA) is 26.0 Å². The average molecular weight is 209 g/mol. The molecular formula is C10H11NS2. The molecule has 0 saturated heterocycles. The quantitative estimate of drug-likeness (QED) is 0.547. The summed E-state index contributed by atoms with van der Waals surface area (Å²) in [4.78, 5) is 0.926. The molecule has 1 aromatic carbocycles. The number of aryl methyl sites for hydroxylation is 1. The van der Waals surface area contributed by atoms with Crippen molar-refractivity contribution in [3.63, 3.8) is 0 Å². The van der Waals surface area contributed by atoms with Crippen LogP contribution in [0.1, 0.15) is 12.5 Å².